The molecule has 1 saturated heterocycles. The summed E-state index contributed by atoms with van der Waals surface area (Å²) in [6.07, 6.45) is 14.3. The van der Waals surface area contributed by atoms with Gasteiger partial charge in [0.05, 0.1) is 0 Å². The van der Waals surface area contributed by atoms with E-state index in [-0.39, 0.29) is 0 Å². The Kier molecular flexibility index (Phi) is 5.50. The zero-order valence-corrected chi connectivity index (χ0v) is 11.1. The number of nitrogens with zero attached hydrogens (tertiary/aromatic N) is 1. The summed E-state index contributed by atoms with van der Waals surface area (Å²) >= 11 is 0. The Labute approximate surface area is 106 Å². The highest BCUT2D eigenvalue weighted by molar-refractivity contribution is 5.79. The second-order valence-electron chi connectivity index (χ2n) is 5.78. The van der Waals surface area contributed by atoms with E-state index in [1.807, 2.05) is 0 Å². The molecule has 1 aliphatic carbocycles. The van der Waals surface area contributed by atoms with Crippen LogP contribution in [0.2, 0.25) is 0 Å². The van der Waals surface area contributed by atoms with Crippen molar-refractivity contribution in [3.63, 3.8) is 0 Å². The number of hydrogen-bond acceptors (Lipinski definition) is 2. The fourth-order valence-corrected chi connectivity index (χ4v) is 3.29. The molecule has 0 N–H and O–H groups in total. The maximum Gasteiger partial charge on any atom is 0.135 e. The van der Waals surface area contributed by atoms with Crippen LogP contribution in [0.1, 0.15) is 70.6 Å². The highest BCUT2D eigenvalue weighted by Crippen LogP contribution is 2.22. The van der Waals surface area contributed by atoms with Gasteiger partial charge >= 0.3 is 0 Å². The minimum Gasteiger partial charge on any atom is -0.300 e. The monoisotopic (exact) mass is 237 g/mol. The summed E-state index contributed by atoms with van der Waals surface area (Å²) < 4.78 is 0. The Morgan fingerprint density at radius 2 is 1.24 bits per heavy atom. The Hall–Kier alpha value is -0.370. The van der Waals surface area contributed by atoms with Gasteiger partial charge in [-0.25, -0.2) is 0 Å². The smallest absolute Gasteiger partial charge is 0.135 e. The molecule has 1 saturated carbocycles. The van der Waals surface area contributed by atoms with E-state index in [2.05, 4.69) is 4.90 Å². The number of carbonyl (C=O) groups excluding carboxylic acids is 1. The van der Waals surface area contributed by atoms with Crippen LogP contribution in [0.5, 0.6) is 0 Å². The third-order valence-corrected chi connectivity index (χ3v) is 4.45. The molecular weight excluding hydrogens is 210 g/mol. The van der Waals surface area contributed by atoms with E-state index in [1.165, 1.54) is 57.8 Å². The number of likely N-dealkylation sites (tertiary alicyclic amines) is 1. The molecule has 2 rings (SSSR count). The van der Waals surface area contributed by atoms with Gasteiger partial charge in [0, 0.05) is 32.0 Å². The zero-order valence-electron chi connectivity index (χ0n) is 11.1. The van der Waals surface area contributed by atoms with Gasteiger partial charge in [-0.3, -0.25) is 9.69 Å². The molecule has 0 aromatic heterocycles. The van der Waals surface area contributed by atoms with E-state index in [9.17, 15) is 4.79 Å². The predicted molar refractivity (Wildman–Crippen MR) is 71.2 cm³/mol. The SMILES string of the molecule is O=C1CCN(C2CCCCCCCCC2)CC1. The van der Waals surface area contributed by atoms with Crippen LogP contribution in [0.25, 0.3) is 0 Å². The molecule has 0 spiro atoms. The molecule has 17 heavy (non-hydrogen) atoms. The van der Waals surface area contributed by atoms with Gasteiger partial charge < -0.3 is 0 Å². The summed E-state index contributed by atoms with van der Waals surface area (Å²) in [5.41, 5.74) is 0. The number of carbonyl (C=O) groups is 1. The van der Waals surface area contributed by atoms with Crippen LogP contribution < -0.4 is 0 Å². The maximum atomic E-state index is 11.3. The molecule has 1 aliphatic heterocycles. The summed E-state index contributed by atoms with van der Waals surface area (Å²) in [4.78, 5) is 13.9. The zero-order chi connectivity index (χ0) is 11.9. The van der Waals surface area contributed by atoms with Crippen molar-refractivity contribution < 1.29 is 4.79 Å². The normalized spacial score (nSPS) is 26.9. The first-order valence-corrected chi connectivity index (χ1v) is 7.62. The second kappa shape index (κ2) is 7.15. The van der Waals surface area contributed by atoms with Gasteiger partial charge in [-0.2, -0.15) is 0 Å². The van der Waals surface area contributed by atoms with Crippen molar-refractivity contribution in [2.45, 2.75) is 76.7 Å². The van der Waals surface area contributed by atoms with E-state index < -0.39 is 0 Å². The molecule has 0 bridgehead atoms. The lowest BCUT2D eigenvalue weighted by atomic mass is 9.95. The van der Waals surface area contributed by atoms with E-state index in [4.69, 9.17) is 0 Å². The topological polar surface area (TPSA) is 20.3 Å². The number of ketones is 1. The molecule has 0 atom stereocenters. The number of piperidine rings is 1. The predicted octanol–water partition coefficient (Wildman–Crippen LogP) is 3.54. The minimum absolute atomic E-state index is 0.473. The van der Waals surface area contributed by atoms with Crippen LogP contribution >= 0.6 is 0 Å². The highest BCUT2D eigenvalue weighted by Gasteiger charge is 2.23. The summed E-state index contributed by atoms with van der Waals surface area (Å²) in [5, 5.41) is 0. The van der Waals surface area contributed by atoms with Crippen molar-refractivity contribution in [3.05, 3.63) is 0 Å². The van der Waals surface area contributed by atoms with Crippen molar-refractivity contribution in [2.24, 2.45) is 0 Å². The fourth-order valence-electron chi connectivity index (χ4n) is 3.29. The van der Waals surface area contributed by atoms with Crippen molar-refractivity contribution in [3.8, 4) is 0 Å². The van der Waals surface area contributed by atoms with Crippen LogP contribution in [0, 0.1) is 0 Å². The average Bonchev–Trinajstić information content (AvgIpc) is 2.37. The molecule has 0 aromatic rings. The molecule has 0 amide bonds. The highest BCUT2D eigenvalue weighted by atomic mass is 16.1. The molecule has 2 nitrogen and oxygen atoms in total. The van der Waals surface area contributed by atoms with E-state index in [1.54, 1.807) is 0 Å². The van der Waals surface area contributed by atoms with Crippen LogP contribution in [-0.4, -0.2) is 29.8 Å². The van der Waals surface area contributed by atoms with Crippen LogP contribution in [-0.2, 0) is 4.79 Å². The quantitative estimate of drug-likeness (QED) is 0.695. The summed E-state index contributed by atoms with van der Waals surface area (Å²) in [5.74, 6) is 0.473. The molecule has 0 unspecified atom stereocenters. The fraction of sp³-hybridized carbons (Fsp3) is 0.933. The molecule has 98 valence electrons. The molecular formula is C15H27NO. The lowest BCUT2D eigenvalue weighted by Gasteiger charge is -2.34. The van der Waals surface area contributed by atoms with Crippen molar-refractivity contribution in [1.29, 1.82) is 0 Å². The first kappa shape index (κ1) is 13.1. The first-order chi connectivity index (χ1) is 8.36. The third kappa shape index (κ3) is 4.42. The van der Waals surface area contributed by atoms with Crippen molar-refractivity contribution in [1.82, 2.24) is 4.90 Å². The molecule has 2 heteroatoms. The van der Waals surface area contributed by atoms with Crippen molar-refractivity contribution >= 4 is 5.78 Å². The van der Waals surface area contributed by atoms with Gasteiger partial charge in [0.1, 0.15) is 5.78 Å². The van der Waals surface area contributed by atoms with Gasteiger partial charge in [0.2, 0.25) is 0 Å². The molecule has 0 aromatic carbocycles. The number of rotatable bonds is 1. The van der Waals surface area contributed by atoms with Gasteiger partial charge in [-0.15, -0.1) is 0 Å². The number of Topliss-reactive ketones (excluding diaryl/α,β-unsaturated/α-hetero) is 1. The Morgan fingerprint density at radius 3 is 1.76 bits per heavy atom. The Balaban J connectivity index is 1.80. The maximum absolute atomic E-state index is 11.3. The van der Waals surface area contributed by atoms with Crippen LogP contribution in [0.15, 0.2) is 0 Å². The molecule has 1 heterocycles. The Bertz CT molecular complexity index is 219. The molecule has 0 radical (unpaired) electrons. The molecule has 2 aliphatic rings. The van der Waals surface area contributed by atoms with Gasteiger partial charge in [0.15, 0.2) is 0 Å². The van der Waals surface area contributed by atoms with E-state index >= 15 is 0 Å². The standard InChI is InChI=1S/C15H27NO/c17-15-10-12-16(13-11-15)14-8-6-4-2-1-3-5-7-9-14/h14H,1-13H2. The molecule has 2 fully saturated rings. The van der Waals surface area contributed by atoms with Gasteiger partial charge in [-0.05, 0) is 12.8 Å². The van der Waals surface area contributed by atoms with Crippen LogP contribution in [0.4, 0.5) is 0 Å². The second-order valence-corrected chi connectivity index (χ2v) is 5.78. The minimum atomic E-state index is 0.473. The van der Waals surface area contributed by atoms with E-state index in [0.29, 0.717) is 5.78 Å². The largest absolute Gasteiger partial charge is 0.300 e. The summed E-state index contributed by atoms with van der Waals surface area (Å²) in [6, 6.07) is 0.779. The summed E-state index contributed by atoms with van der Waals surface area (Å²) in [6.45, 7) is 2.06. The Morgan fingerprint density at radius 1 is 0.765 bits per heavy atom. The van der Waals surface area contributed by atoms with Gasteiger partial charge in [-0.1, -0.05) is 44.9 Å². The summed E-state index contributed by atoms with van der Waals surface area (Å²) in [7, 11) is 0. The van der Waals surface area contributed by atoms with Crippen molar-refractivity contribution in [2.75, 3.05) is 13.1 Å². The lowest BCUT2D eigenvalue weighted by Crippen LogP contribution is -2.41. The van der Waals surface area contributed by atoms with Crippen LogP contribution in [0.3, 0.4) is 0 Å². The van der Waals surface area contributed by atoms with E-state index in [0.717, 1.165) is 32.0 Å². The first-order valence-electron chi connectivity index (χ1n) is 7.62. The lowest BCUT2D eigenvalue weighted by molar-refractivity contribution is -0.122. The van der Waals surface area contributed by atoms with Gasteiger partial charge in [0.25, 0.3) is 0 Å². The number of hydrogen-bond donors (Lipinski definition) is 0. The third-order valence-electron chi connectivity index (χ3n) is 4.45. The average molecular weight is 237 g/mol.